The van der Waals surface area contributed by atoms with Crippen molar-refractivity contribution in [3.05, 3.63) is 23.5 Å². The molecule has 0 bridgehead atoms. The summed E-state index contributed by atoms with van der Waals surface area (Å²) in [6.45, 7) is 0. The van der Waals surface area contributed by atoms with Crippen LogP contribution in [0.2, 0.25) is 0 Å². The Hall–Kier alpha value is -1.79. The summed E-state index contributed by atoms with van der Waals surface area (Å²) in [5.74, 6) is -0.948. The highest BCUT2D eigenvalue weighted by molar-refractivity contribution is 5.95. The fraction of sp³-hybridized carbons (Fsp3) is 0.250. The predicted octanol–water partition coefficient (Wildman–Crippen LogP) is 0.868. The molecule has 1 heterocycles. The number of nitrogen functional groups attached to an aromatic ring is 1. The zero-order valence-electron chi connectivity index (χ0n) is 7.51. The van der Waals surface area contributed by atoms with Gasteiger partial charge in [-0.3, -0.25) is 4.79 Å². The van der Waals surface area contributed by atoms with Crippen molar-refractivity contribution in [2.45, 2.75) is 12.6 Å². The Morgan fingerprint density at radius 3 is 2.47 bits per heavy atom. The van der Waals surface area contributed by atoms with Gasteiger partial charge in [-0.2, -0.15) is 13.2 Å². The van der Waals surface area contributed by atoms with Crippen LogP contribution in [0.1, 0.15) is 16.2 Å². The number of primary amides is 1. The summed E-state index contributed by atoms with van der Waals surface area (Å²) in [5.41, 5.74) is 9.54. The molecule has 0 aromatic carbocycles. The lowest BCUT2D eigenvalue weighted by molar-refractivity contribution is -0.127. The molecule has 7 heteroatoms. The second-order valence-electron chi connectivity index (χ2n) is 2.90. The molecule has 1 rings (SSSR count). The molecule has 4 N–H and O–H groups in total. The van der Waals surface area contributed by atoms with E-state index in [0.717, 1.165) is 6.07 Å². The molecule has 0 radical (unpaired) electrons. The fourth-order valence-electron chi connectivity index (χ4n) is 1.01. The Labute approximate surface area is 83.1 Å². The lowest BCUT2D eigenvalue weighted by Crippen LogP contribution is -2.19. The fourth-order valence-corrected chi connectivity index (χ4v) is 1.01. The number of aromatic nitrogens is 1. The number of pyridine rings is 1. The Bertz CT molecular complexity index is 389. The molecule has 1 aromatic heterocycles. The molecule has 1 aromatic rings. The minimum absolute atomic E-state index is 0.0339. The molecule has 0 saturated heterocycles. The number of amides is 1. The van der Waals surface area contributed by atoms with Gasteiger partial charge in [0, 0.05) is 0 Å². The Morgan fingerprint density at radius 1 is 1.40 bits per heavy atom. The van der Waals surface area contributed by atoms with E-state index in [2.05, 4.69) is 4.98 Å². The van der Waals surface area contributed by atoms with Crippen molar-refractivity contribution in [1.82, 2.24) is 4.98 Å². The summed E-state index contributed by atoms with van der Waals surface area (Å²) in [7, 11) is 0. The van der Waals surface area contributed by atoms with Gasteiger partial charge in [-0.25, -0.2) is 4.98 Å². The van der Waals surface area contributed by atoms with Crippen LogP contribution in [0.25, 0.3) is 0 Å². The molecule has 15 heavy (non-hydrogen) atoms. The lowest BCUT2D eigenvalue weighted by Gasteiger charge is -2.07. The van der Waals surface area contributed by atoms with E-state index in [0.29, 0.717) is 0 Å². The van der Waals surface area contributed by atoms with Crippen molar-refractivity contribution in [2.24, 2.45) is 5.73 Å². The van der Waals surface area contributed by atoms with Gasteiger partial charge in [0.25, 0.3) is 5.91 Å². The number of halogens is 3. The van der Waals surface area contributed by atoms with Gasteiger partial charge < -0.3 is 11.5 Å². The molecule has 0 aliphatic carbocycles. The number of hydrogen-bond acceptors (Lipinski definition) is 3. The SMILES string of the molecule is NC(=O)c1nc(CC(F)(F)F)ccc1N. The van der Waals surface area contributed by atoms with Crippen molar-refractivity contribution in [3.8, 4) is 0 Å². The molecule has 0 atom stereocenters. The number of anilines is 1. The third-order valence-electron chi connectivity index (χ3n) is 1.60. The third-order valence-corrected chi connectivity index (χ3v) is 1.60. The van der Waals surface area contributed by atoms with Gasteiger partial charge in [-0.1, -0.05) is 0 Å². The van der Waals surface area contributed by atoms with Gasteiger partial charge in [-0.15, -0.1) is 0 Å². The van der Waals surface area contributed by atoms with Crippen molar-refractivity contribution in [1.29, 1.82) is 0 Å². The number of rotatable bonds is 2. The van der Waals surface area contributed by atoms with E-state index >= 15 is 0 Å². The maximum atomic E-state index is 12.0. The summed E-state index contributed by atoms with van der Waals surface area (Å²) >= 11 is 0. The molecule has 0 aliphatic rings. The number of nitrogens with two attached hydrogens (primary N) is 2. The van der Waals surface area contributed by atoms with Crippen LogP contribution >= 0.6 is 0 Å². The first-order valence-electron chi connectivity index (χ1n) is 3.91. The number of carbonyl (C=O) groups is 1. The first kappa shape index (κ1) is 11.3. The topological polar surface area (TPSA) is 82.0 Å². The smallest absolute Gasteiger partial charge is 0.394 e. The highest BCUT2D eigenvalue weighted by Gasteiger charge is 2.28. The van der Waals surface area contributed by atoms with E-state index in [1.165, 1.54) is 6.07 Å². The first-order chi connectivity index (χ1) is 6.79. The first-order valence-corrected chi connectivity index (χ1v) is 3.91. The number of nitrogens with zero attached hydrogens (tertiary/aromatic N) is 1. The highest BCUT2D eigenvalue weighted by atomic mass is 19.4. The lowest BCUT2D eigenvalue weighted by atomic mass is 10.2. The van der Waals surface area contributed by atoms with Crippen LogP contribution < -0.4 is 11.5 Å². The molecule has 82 valence electrons. The second kappa shape index (κ2) is 3.76. The summed E-state index contributed by atoms with van der Waals surface area (Å²) < 4.78 is 36.0. The summed E-state index contributed by atoms with van der Waals surface area (Å²) in [5, 5.41) is 0. The zero-order valence-corrected chi connectivity index (χ0v) is 7.51. The molecular weight excluding hydrogens is 211 g/mol. The monoisotopic (exact) mass is 219 g/mol. The van der Waals surface area contributed by atoms with Crippen molar-refractivity contribution in [2.75, 3.05) is 5.73 Å². The van der Waals surface area contributed by atoms with Crippen LogP contribution in [-0.4, -0.2) is 17.1 Å². The molecule has 0 fully saturated rings. The third kappa shape index (κ3) is 3.12. The number of alkyl halides is 3. The quantitative estimate of drug-likeness (QED) is 0.774. The van der Waals surface area contributed by atoms with E-state index in [4.69, 9.17) is 11.5 Å². The molecule has 0 unspecified atom stereocenters. The minimum Gasteiger partial charge on any atom is -0.397 e. The molecule has 1 amide bonds. The van der Waals surface area contributed by atoms with Gasteiger partial charge in [0.1, 0.15) is 0 Å². The summed E-state index contributed by atoms with van der Waals surface area (Å²) in [4.78, 5) is 14.2. The Balaban J connectivity index is 3.03. The maximum Gasteiger partial charge on any atom is 0.394 e. The van der Waals surface area contributed by atoms with Crippen LogP contribution in [0.4, 0.5) is 18.9 Å². The average Bonchev–Trinajstić information content (AvgIpc) is 2.05. The van der Waals surface area contributed by atoms with E-state index in [9.17, 15) is 18.0 Å². The molecule has 4 nitrogen and oxygen atoms in total. The van der Waals surface area contributed by atoms with E-state index in [1.807, 2.05) is 0 Å². The Kier molecular flexibility index (Phi) is 2.83. The summed E-state index contributed by atoms with van der Waals surface area (Å²) in [6.07, 6.45) is -5.59. The van der Waals surface area contributed by atoms with E-state index < -0.39 is 18.5 Å². The minimum atomic E-state index is -4.38. The molecule has 0 spiro atoms. The van der Waals surface area contributed by atoms with E-state index in [-0.39, 0.29) is 17.1 Å². The maximum absolute atomic E-state index is 12.0. The van der Waals surface area contributed by atoms with E-state index in [1.54, 1.807) is 0 Å². The number of hydrogen-bond donors (Lipinski definition) is 2. The van der Waals surface area contributed by atoms with Crippen LogP contribution in [0.3, 0.4) is 0 Å². The standard InChI is InChI=1S/C8H8F3N3O/c9-8(10,11)3-4-1-2-5(12)6(14-4)7(13)15/h1-2H,3,12H2,(H2,13,15). The van der Waals surface area contributed by atoms with Gasteiger partial charge >= 0.3 is 6.18 Å². The predicted molar refractivity (Wildman–Crippen MR) is 46.9 cm³/mol. The normalized spacial score (nSPS) is 11.4. The van der Waals surface area contributed by atoms with Crippen LogP contribution in [0.5, 0.6) is 0 Å². The zero-order chi connectivity index (χ0) is 11.6. The van der Waals surface area contributed by atoms with Crippen molar-refractivity contribution < 1.29 is 18.0 Å². The van der Waals surface area contributed by atoms with Crippen LogP contribution in [0.15, 0.2) is 12.1 Å². The van der Waals surface area contributed by atoms with Gasteiger partial charge in [0.05, 0.1) is 17.8 Å². The van der Waals surface area contributed by atoms with Crippen LogP contribution in [0, 0.1) is 0 Å². The van der Waals surface area contributed by atoms with Gasteiger partial charge in [0.2, 0.25) is 0 Å². The molecule has 0 saturated carbocycles. The second-order valence-corrected chi connectivity index (χ2v) is 2.90. The summed E-state index contributed by atoms with van der Waals surface area (Å²) in [6, 6.07) is 2.28. The number of carbonyl (C=O) groups excluding carboxylic acids is 1. The molecular formula is C8H8F3N3O. The van der Waals surface area contributed by atoms with Gasteiger partial charge in [0.15, 0.2) is 5.69 Å². The van der Waals surface area contributed by atoms with Crippen molar-refractivity contribution in [3.63, 3.8) is 0 Å². The van der Waals surface area contributed by atoms with Gasteiger partial charge in [-0.05, 0) is 12.1 Å². The largest absolute Gasteiger partial charge is 0.397 e. The Morgan fingerprint density at radius 2 is 2.00 bits per heavy atom. The average molecular weight is 219 g/mol. The van der Waals surface area contributed by atoms with Crippen molar-refractivity contribution >= 4 is 11.6 Å². The van der Waals surface area contributed by atoms with Crippen LogP contribution in [-0.2, 0) is 6.42 Å². The molecule has 0 aliphatic heterocycles. The highest BCUT2D eigenvalue weighted by Crippen LogP contribution is 2.21.